The molecule has 1 aliphatic heterocycles. The van der Waals surface area contributed by atoms with Gasteiger partial charge < -0.3 is 15.3 Å². The molecule has 0 saturated heterocycles. The van der Waals surface area contributed by atoms with Crippen LogP contribution in [0.25, 0.3) is 0 Å². The molecule has 1 aliphatic rings. The Bertz CT molecular complexity index is 923. The summed E-state index contributed by atoms with van der Waals surface area (Å²) in [7, 11) is 2.03. The molecule has 2 heterocycles. The average molecular weight is 466 g/mol. The number of nitrogens with one attached hydrogen (secondary N) is 1. The molecule has 0 saturated carbocycles. The molecule has 0 fully saturated rings. The first-order chi connectivity index (χ1) is 14.8. The first-order valence-corrected chi connectivity index (χ1v) is 9.25. The van der Waals surface area contributed by atoms with Crippen molar-refractivity contribution >= 4 is 12.4 Å². The lowest BCUT2D eigenvalue weighted by molar-refractivity contribution is -0.143. The van der Waals surface area contributed by atoms with Crippen molar-refractivity contribution in [1.29, 1.82) is 0 Å². The fourth-order valence-corrected chi connectivity index (χ4v) is 3.01. The number of carbonyl (C=O) groups is 2. The van der Waals surface area contributed by atoms with Crippen molar-refractivity contribution in [3.63, 3.8) is 0 Å². The number of alkyl halides is 6. The predicted molar refractivity (Wildman–Crippen MR) is 99.5 cm³/mol. The van der Waals surface area contributed by atoms with Gasteiger partial charge in [-0.1, -0.05) is 0 Å². The number of aromatic nitrogens is 2. The number of carbonyl (C=O) groups excluding carboxylic acids is 1. The van der Waals surface area contributed by atoms with Crippen LogP contribution in [-0.4, -0.2) is 45.8 Å². The predicted octanol–water partition coefficient (Wildman–Crippen LogP) is 3.39. The van der Waals surface area contributed by atoms with E-state index in [0.29, 0.717) is 12.1 Å². The van der Waals surface area contributed by atoms with Crippen molar-refractivity contribution in [3.8, 4) is 0 Å². The van der Waals surface area contributed by atoms with Gasteiger partial charge in [0, 0.05) is 26.2 Å². The highest BCUT2D eigenvalue weighted by Gasteiger charge is 2.36. The zero-order valence-corrected chi connectivity index (χ0v) is 16.8. The Kier molecular flexibility index (Phi) is 7.88. The van der Waals surface area contributed by atoms with E-state index in [1.807, 2.05) is 12.4 Å². The number of hydrogen-bond donors (Lipinski definition) is 2. The van der Waals surface area contributed by atoms with Crippen LogP contribution in [0.3, 0.4) is 0 Å². The maximum Gasteiger partial charge on any atom is 0.416 e. The average Bonchev–Trinajstić information content (AvgIpc) is 3.00. The molecule has 0 spiro atoms. The van der Waals surface area contributed by atoms with Crippen LogP contribution in [0.1, 0.15) is 39.3 Å². The Morgan fingerprint density at radius 1 is 1.09 bits per heavy atom. The minimum atomic E-state index is -4.88. The number of aromatic carboxylic acids is 1. The van der Waals surface area contributed by atoms with Crippen molar-refractivity contribution in [2.45, 2.75) is 38.4 Å². The Morgan fingerprint density at radius 2 is 1.69 bits per heavy atom. The van der Waals surface area contributed by atoms with Crippen molar-refractivity contribution in [1.82, 2.24) is 20.0 Å². The summed E-state index contributed by atoms with van der Waals surface area (Å²) < 4.78 is 76.2. The molecule has 32 heavy (non-hydrogen) atoms. The van der Waals surface area contributed by atoms with Crippen molar-refractivity contribution in [3.05, 3.63) is 52.3 Å². The van der Waals surface area contributed by atoms with E-state index in [4.69, 9.17) is 5.11 Å². The van der Waals surface area contributed by atoms with Crippen LogP contribution in [-0.2, 0) is 36.8 Å². The fraction of sp³-hybridized carbons (Fsp3) is 0.421. The highest BCUT2D eigenvalue weighted by atomic mass is 19.4. The summed E-state index contributed by atoms with van der Waals surface area (Å²) in [6, 6.07) is 2.81. The lowest BCUT2D eigenvalue weighted by Crippen LogP contribution is -2.17. The molecular formula is C19H20F6N4O3. The van der Waals surface area contributed by atoms with Crippen LogP contribution in [0, 0.1) is 0 Å². The van der Waals surface area contributed by atoms with Gasteiger partial charge in [0.25, 0.3) is 0 Å². The number of halogens is 6. The minimum absolute atomic E-state index is 0.0322. The van der Waals surface area contributed by atoms with Gasteiger partial charge in [0.05, 0.1) is 16.8 Å². The second-order valence-electron chi connectivity index (χ2n) is 7.05. The van der Waals surface area contributed by atoms with Gasteiger partial charge in [-0.25, -0.2) is 4.79 Å². The summed E-state index contributed by atoms with van der Waals surface area (Å²) in [6.45, 7) is 2.22. The maximum absolute atomic E-state index is 12.4. The standard InChI is InChI=1S/C10H7F6NO.C9H13N3O2/c11-9(12,13)7-1-6(4-17-5-18)2-8(3-7)10(14,15)16;1-11-3-2-4-12-7(6-11)5-8(10-12)9(13)14/h1-3,5H,4H2,(H,17,18);5H,2-4,6H2,1H3,(H,13,14). The smallest absolute Gasteiger partial charge is 0.416 e. The molecule has 1 aromatic carbocycles. The molecule has 7 nitrogen and oxygen atoms in total. The summed E-state index contributed by atoms with van der Waals surface area (Å²) in [5, 5.41) is 14.8. The molecule has 2 N–H and O–H groups in total. The zero-order valence-electron chi connectivity index (χ0n) is 16.8. The highest BCUT2D eigenvalue weighted by Crippen LogP contribution is 2.36. The quantitative estimate of drug-likeness (QED) is 0.533. The summed E-state index contributed by atoms with van der Waals surface area (Å²) >= 11 is 0. The first kappa shape index (κ1) is 25.2. The SMILES string of the molecule is CN1CCCn2nc(C(=O)O)cc2C1.O=CNCc1cc(C(F)(F)F)cc(C(F)(F)F)c1. The van der Waals surface area contributed by atoms with Gasteiger partial charge in [0.2, 0.25) is 6.41 Å². The van der Waals surface area contributed by atoms with Crippen LogP contribution in [0.4, 0.5) is 26.3 Å². The summed E-state index contributed by atoms with van der Waals surface area (Å²) in [4.78, 5) is 22.9. The van der Waals surface area contributed by atoms with E-state index in [2.05, 4.69) is 10.00 Å². The van der Waals surface area contributed by atoms with E-state index < -0.39 is 36.0 Å². The van der Waals surface area contributed by atoms with E-state index in [9.17, 15) is 35.9 Å². The lowest BCUT2D eigenvalue weighted by Gasteiger charge is -2.13. The van der Waals surface area contributed by atoms with Gasteiger partial charge in [-0.15, -0.1) is 0 Å². The number of nitrogens with zero attached hydrogens (tertiary/aromatic N) is 3. The Labute approximate surface area is 178 Å². The van der Waals surface area contributed by atoms with E-state index in [0.717, 1.165) is 31.7 Å². The number of benzene rings is 1. The summed E-state index contributed by atoms with van der Waals surface area (Å²) in [5.74, 6) is -0.951. The second-order valence-corrected chi connectivity index (χ2v) is 7.05. The Hall–Kier alpha value is -3.09. The van der Waals surface area contributed by atoms with Crippen LogP contribution in [0.2, 0.25) is 0 Å². The number of hydrogen-bond acceptors (Lipinski definition) is 4. The van der Waals surface area contributed by atoms with Gasteiger partial charge in [-0.3, -0.25) is 9.48 Å². The Morgan fingerprint density at radius 3 is 2.19 bits per heavy atom. The molecule has 1 aromatic heterocycles. The molecule has 1 amide bonds. The van der Waals surface area contributed by atoms with Crippen LogP contribution in [0.15, 0.2) is 24.3 Å². The number of fused-ring (bicyclic) bond motifs is 1. The Balaban J connectivity index is 0.000000233. The van der Waals surface area contributed by atoms with Gasteiger partial charge >= 0.3 is 18.3 Å². The van der Waals surface area contributed by atoms with Gasteiger partial charge in [-0.05, 0) is 43.3 Å². The molecule has 2 aromatic rings. The first-order valence-electron chi connectivity index (χ1n) is 9.25. The monoisotopic (exact) mass is 466 g/mol. The van der Waals surface area contributed by atoms with E-state index in [-0.39, 0.29) is 23.7 Å². The van der Waals surface area contributed by atoms with E-state index in [1.54, 1.807) is 10.7 Å². The fourth-order valence-electron chi connectivity index (χ4n) is 3.01. The van der Waals surface area contributed by atoms with Crippen molar-refractivity contribution in [2.75, 3.05) is 13.6 Å². The van der Waals surface area contributed by atoms with Gasteiger partial charge in [-0.2, -0.15) is 31.4 Å². The normalized spacial score (nSPS) is 14.6. The molecule has 0 atom stereocenters. The van der Waals surface area contributed by atoms with Crippen molar-refractivity contribution < 1.29 is 41.0 Å². The number of carboxylic acids is 1. The van der Waals surface area contributed by atoms with Crippen molar-refractivity contribution in [2.24, 2.45) is 0 Å². The minimum Gasteiger partial charge on any atom is -0.476 e. The topological polar surface area (TPSA) is 87.5 Å². The second kappa shape index (κ2) is 10.0. The molecule has 176 valence electrons. The third kappa shape index (κ3) is 6.97. The van der Waals surface area contributed by atoms with E-state index in [1.165, 1.54) is 0 Å². The van der Waals surface area contributed by atoms with Gasteiger partial charge in [0.15, 0.2) is 5.69 Å². The zero-order chi connectivity index (χ0) is 24.1. The number of aryl methyl sites for hydroxylation is 1. The van der Waals surface area contributed by atoms with Gasteiger partial charge in [0.1, 0.15) is 0 Å². The number of carboxylic acid groups (broad SMARTS) is 1. The highest BCUT2D eigenvalue weighted by molar-refractivity contribution is 5.85. The molecule has 13 heteroatoms. The summed E-state index contributed by atoms with van der Waals surface area (Å²) in [5.41, 5.74) is -1.94. The molecule has 3 rings (SSSR count). The molecule has 0 aliphatic carbocycles. The largest absolute Gasteiger partial charge is 0.476 e. The van der Waals surface area contributed by atoms with E-state index >= 15 is 0 Å². The molecule has 0 bridgehead atoms. The van der Waals surface area contributed by atoms with Crippen LogP contribution in [0.5, 0.6) is 0 Å². The number of rotatable bonds is 4. The molecule has 0 radical (unpaired) electrons. The third-order valence-corrected chi connectivity index (χ3v) is 4.46. The summed E-state index contributed by atoms with van der Waals surface area (Å²) in [6.07, 6.45) is -8.55. The third-order valence-electron chi connectivity index (χ3n) is 4.46. The molecule has 0 unspecified atom stereocenters. The van der Waals surface area contributed by atoms with Crippen LogP contribution < -0.4 is 5.32 Å². The maximum atomic E-state index is 12.4. The lowest BCUT2D eigenvalue weighted by atomic mass is 10.0. The number of amides is 1. The van der Waals surface area contributed by atoms with Crippen LogP contribution >= 0.6 is 0 Å². The molecular weight excluding hydrogens is 446 g/mol.